The van der Waals surface area contributed by atoms with Gasteiger partial charge in [-0.3, -0.25) is 0 Å². The number of aryl methyl sites for hydroxylation is 1. The van der Waals surface area contributed by atoms with E-state index in [1.54, 1.807) is 18.5 Å². The van der Waals surface area contributed by atoms with Gasteiger partial charge in [0.15, 0.2) is 0 Å². The molecule has 0 fully saturated rings. The van der Waals surface area contributed by atoms with Gasteiger partial charge in [0, 0.05) is 25.4 Å². The second-order valence-electron chi connectivity index (χ2n) is 4.98. The minimum Gasteiger partial charge on any atom is -0.478 e. The predicted molar refractivity (Wildman–Crippen MR) is 81.5 cm³/mol. The molecule has 0 atom stereocenters. The van der Waals surface area contributed by atoms with E-state index in [0.29, 0.717) is 12.1 Å². The quantitative estimate of drug-likeness (QED) is 0.884. The molecule has 0 unspecified atom stereocenters. The Hall–Kier alpha value is -2.43. The molecule has 0 aliphatic rings. The number of carboxylic acids is 1. The molecule has 1 heterocycles. The highest BCUT2D eigenvalue weighted by molar-refractivity contribution is 5.87. The van der Waals surface area contributed by atoms with Crippen LogP contribution in [-0.4, -0.2) is 28.1 Å². The summed E-state index contributed by atoms with van der Waals surface area (Å²) in [7, 11) is 1.96. The Morgan fingerprint density at radius 3 is 2.57 bits per heavy atom. The molecule has 0 bridgehead atoms. The van der Waals surface area contributed by atoms with Crippen LogP contribution in [0, 0.1) is 0 Å². The zero-order valence-electron chi connectivity index (χ0n) is 12.3. The summed E-state index contributed by atoms with van der Waals surface area (Å²) in [4.78, 5) is 21.4. The Morgan fingerprint density at radius 2 is 1.95 bits per heavy atom. The summed E-state index contributed by atoms with van der Waals surface area (Å²) in [5.41, 5.74) is 2.38. The molecule has 0 spiro atoms. The van der Waals surface area contributed by atoms with Crippen molar-refractivity contribution in [2.45, 2.75) is 26.3 Å². The SMILES string of the molecule is CCCc1cc(N(C)Cc2ccc(C(=O)O)cc2)ncn1. The third-order valence-electron chi connectivity index (χ3n) is 3.23. The second kappa shape index (κ2) is 6.83. The number of anilines is 1. The van der Waals surface area contributed by atoms with E-state index in [9.17, 15) is 4.79 Å². The van der Waals surface area contributed by atoms with Crippen LogP contribution in [0.25, 0.3) is 0 Å². The van der Waals surface area contributed by atoms with Gasteiger partial charge in [-0.05, 0) is 24.1 Å². The molecule has 1 aromatic carbocycles. The molecular formula is C16H19N3O2. The van der Waals surface area contributed by atoms with Crippen LogP contribution in [0.1, 0.15) is 35.0 Å². The first-order valence-electron chi connectivity index (χ1n) is 6.94. The Labute approximate surface area is 124 Å². The van der Waals surface area contributed by atoms with Crippen LogP contribution in [0.4, 0.5) is 5.82 Å². The van der Waals surface area contributed by atoms with Gasteiger partial charge in [-0.25, -0.2) is 14.8 Å². The maximum atomic E-state index is 10.8. The second-order valence-corrected chi connectivity index (χ2v) is 4.98. The molecule has 0 saturated carbocycles. The molecule has 2 rings (SSSR count). The van der Waals surface area contributed by atoms with Gasteiger partial charge in [0.1, 0.15) is 12.1 Å². The van der Waals surface area contributed by atoms with E-state index in [1.807, 2.05) is 30.1 Å². The summed E-state index contributed by atoms with van der Waals surface area (Å²) in [5, 5.41) is 8.89. The molecule has 0 saturated heterocycles. The standard InChI is InChI=1S/C16H19N3O2/c1-3-4-14-9-15(18-11-17-14)19(2)10-12-5-7-13(8-6-12)16(20)21/h5-9,11H,3-4,10H2,1-2H3,(H,20,21). The summed E-state index contributed by atoms with van der Waals surface area (Å²) in [5.74, 6) is -0.0364. The molecule has 5 nitrogen and oxygen atoms in total. The van der Waals surface area contributed by atoms with Gasteiger partial charge < -0.3 is 10.0 Å². The van der Waals surface area contributed by atoms with Gasteiger partial charge in [-0.2, -0.15) is 0 Å². The van der Waals surface area contributed by atoms with E-state index in [2.05, 4.69) is 16.9 Å². The topological polar surface area (TPSA) is 66.3 Å². The van der Waals surface area contributed by atoms with Crippen molar-refractivity contribution in [2.24, 2.45) is 0 Å². The highest BCUT2D eigenvalue weighted by atomic mass is 16.4. The Bertz CT molecular complexity index is 611. The van der Waals surface area contributed by atoms with Crippen molar-refractivity contribution in [1.29, 1.82) is 0 Å². The van der Waals surface area contributed by atoms with Gasteiger partial charge >= 0.3 is 5.97 Å². The molecule has 2 aromatic rings. The molecule has 0 aliphatic carbocycles. The van der Waals surface area contributed by atoms with Crippen molar-refractivity contribution in [3.05, 3.63) is 53.5 Å². The lowest BCUT2D eigenvalue weighted by molar-refractivity contribution is 0.0697. The van der Waals surface area contributed by atoms with Crippen LogP contribution in [0.3, 0.4) is 0 Å². The van der Waals surface area contributed by atoms with Gasteiger partial charge in [-0.15, -0.1) is 0 Å². The minimum absolute atomic E-state index is 0.300. The number of aromatic carboxylic acids is 1. The van der Waals surface area contributed by atoms with E-state index in [0.717, 1.165) is 29.9 Å². The number of carboxylic acid groups (broad SMARTS) is 1. The molecule has 5 heteroatoms. The Kier molecular flexibility index (Phi) is 4.87. The Morgan fingerprint density at radius 1 is 1.24 bits per heavy atom. The normalized spacial score (nSPS) is 10.4. The highest BCUT2D eigenvalue weighted by Gasteiger charge is 2.07. The highest BCUT2D eigenvalue weighted by Crippen LogP contribution is 2.14. The van der Waals surface area contributed by atoms with Gasteiger partial charge in [0.05, 0.1) is 5.56 Å². The van der Waals surface area contributed by atoms with Crippen molar-refractivity contribution >= 4 is 11.8 Å². The monoisotopic (exact) mass is 285 g/mol. The van der Waals surface area contributed by atoms with Crippen molar-refractivity contribution < 1.29 is 9.90 Å². The van der Waals surface area contributed by atoms with E-state index in [4.69, 9.17) is 5.11 Å². The molecule has 0 aliphatic heterocycles. The number of aromatic nitrogens is 2. The number of hydrogen-bond donors (Lipinski definition) is 1. The first kappa shape index (κ1) is 15.0. The molecule has 1 N–H and O–H groups in total. The van der Waals surface area contributed by atoms with Crippen LogP contribution >= 0.6 is 0 Å². The molecule has 21 heavy (non-hydrogen) atoms. The lowest BCUT2D eigenvalue weighted by Gasteiger charge is -2.18. The number of nitrogens with zero attached hydrogens (tertiary/aromatic N) is 3. The summed E-state index contributed by atoms with van der Waals surface area (Å²) in [6.45, 7) is 2.79. The lowest BCUT2D eigenvalue weighted by atomic mass is 10.1. The third-order valence-corrected chi connectivity index (χ3v) is 3.23. The zero-order chi connectivity index (χ0) is 15.2. The molecular weight excluding hydrogens is 266 g/mol. The van der Waals surface area contributed by atoms with Crippen LogP contribution < -0.4 is 4.90 Å². The van der Waals surface area contributed by atoms with Crippen molar-refractivity contribution in [3.63, 3.8) is 0 Å². The third kappa shape index (κ3) is 4.02. The average molecular weight is 285 g/mol. The number of hydrogen-bond acceptors (Lipinski definition) is 4. The summed E-state index contributed by atoms with van der Waals surface area (Å²) >= 11 is 0. The molecule has 110 valence electrons. The molecule has 0 radical (unpaired) electrons. The maximum Gasteiger partial charge on any atom is 0.335 e. The summed E-state index contributed by atoms with van der Waals surface area (Å²) < 4.78 is 0. The van der Waals surface area contributed by atoms with E-state index in [1.165, 1.54) is 0 Å². The first-order chi connectivity index (χ1) is 10.1. The van der Waals surface area contributed by atoms with Gasteiger partial charge in [0.2, 0.25) is 0 Å². The number of benzene rings is 1. The zero-order valence-corrected chi connectivity index (χ0v) is 12.3. The van der Waals surface area contributed by atoms with Crippen LogP contribution in [-0.2, 0) is 13.0 Å². The summed E-state index contributed by atoms with van der Waals surface area (Å²) in [6.07, 6.45) is 3.58. The van der Waals surface area contributed by atoms with Crippen LogP contribution in [0.15, 0.2) is 36.7 Å². The predicted octanol–water partition coefficient (Wildman–Crippen LogP) is 2.76. The maximum absolute atomic E-state index is 10.8. The van der Waals surface area contributed by atoms with Crippen molar-refractivity contribution in [3.8, 4) is 0 Å². The minimum atomic E-state index is -0.907. The molecule has 1 aromatic heterocycles. The van der Waals surface area contributed by atoms with Gasteiger partial charge in [-0.1, -0.05) is 25.5 Å². The fourth-order valence-electron chi connectivity index (χ4n) is 2.09. The van der Waals surface area contributed by atoms with Crippen molar-refractivity contribution in [1.82, 2.24) is 9.97 Å². The largest absolute Gasteiger partial charge is 0.478 e. The smallest absolute Gasteiger partial charge is 0.335 e. The summed E-state index contributed by atoms with van der Waals surface area (Å²) in [6, 6.07) is 8.89. The Balaban J connectivity index is 2.08. The fraction of sp³-hybridized carbons (Fsp3) is 0.312. The number of carbonyl (C=O) groups is 1. The van der Waals surface area contributed by atoms with Gasteiger partial charge in [0.25, 0.3) is 0 Å². The van der Waals surface area contributed by atoms with Crippen molar-refractivity contribution in [2.75, 3.05) is 11.9 Å². The lowest BCUT2D eigenvalue weighted by Crippen LogP contribution is -2.18. The average Bonchev–Trinajstić information content (AvgIpc) is 2.48. The molecule has 0 amide bonds. The van der Waals surface area contributed by atoms with Crippen LogP contribution in [0.2, 0.25) is 0 Å². The van der Waals surface area contributed by atoms with E-state index < -0.39 is 5.97 Å². The van der Waals surface area contributed by atoms with Crippen LogP contribution in [0.5, 0.6) is 0 Å². The van der Waals surface area contributed by atoms with E-state index in [-0.39, 0.29) is 0 Å². The fourth-order valence-corrected chi connectivity index (χ4v) is 2.09. The number of rotatable bonds is 6. The van der Waals surface area contributed by atoms with E-state index >= 15 is 0 Å². The first-order valence-corrected chi connectivity index (χ1v) is 6.94.